The summed E-state index contributed by atoms with van der Waals surface area (Å²) in [5.74, 6) is 0.899. The zero-order chi connectivity index (χ0) is 12.1. The van der Waals surface area contributed by atoms with E-state index >= 15 is 0 Å². The van der Waals surface area contributed by atoms with Gasteiger partial charge in [0.05, 0.1) is 4.99 Å². The minimum absolute atomic E-state index is 0.167. The van der Waals surface area contributed by atoms with Crippen molar-refractivity contribution in [3.05, 3.63) is 18.0 Å². The van der Waals surface area contributed by atoms with E-state index in [0.29, 0.717) is 4.99 Å². The van der Waals surface area contributed by atoms with E-state index in [0.717, 1.165) is 24.6 Å². The zero-order valence-corrected chi connectivity index (χ0v) is 10.8. The lowest BCUT2D eigenvalue weighted by atomic mass is 10.2. The van der Waals surface area contributed by atoms with Gasteiger partial charge in [-0.05, 0) is 19.4 Å². The minimum atomic E-state index is 0.167. The molecule has 2 N–H and O–H groups in total. The highest BCUT2D eigenvalue weighted by Gasteiger charge is 2.13. The van der Waals surface area contributed by atoms with Crippen molar-refractivity contribution in [2.45, 2.75) is 20.8 Å². The molecule has 0 fully saturated rings. The molecule has 0 radical (unpaired) electrons. The van der Waals surface area contributed by atoms with E-state index in [-0.39, 0.29) is 5.92 Å². The van der Waals surface area contributed by atoms with Crippen LogP contribution in [0.4, 0.5) is 5.95 Å². The Labute approximate surface area is 102 Å². The molecule has 0 saturated heterocycles. The minimum Gasteiger partial charge on any atom is -0.393 e. The molecule has 1 rings (SSSR count). The van der Waals surface area contributed by atoms with Crippen LogP contribution in [-0.2, 0) is 0 Å². The Morgan fingerprint density at radius 1 is 1.50 bits per heavy atom. The molecule has 0 aliphatic heterocycles. The molecule has 1 unspecified atom stereocenters. The fourth-order valence-corrected chi connectivity index (χ4v) is 1.40. The third-order valence-corrected chi connectivity index (χ3v) is 2.81. The Morgan fingerprint density at radius 3 is 2.50 bits per heavy atom. The molecule has 1 aromatic heterocycles. The molecule has 0 bridgehead atoms. The van der Waals surface area contributed by atoms with E-state index in [9.17, 15) is 0 Å². The van der Waals surface area contributed by atoms with Crippen LogP contribution in [0.1, 0.15) is 19.4 Å². The summed E-state index contributed by atoms with van der Waals surface area (Å²) in [4.78, 5) is 11.2. The van der Waals surface area contributed by atoms with Crippen LogP contribution in [0.3, 0.4) is 0 Å². The summed E-state index contributed by atoms with van der Waals surface area (Å²) in [6.45, 7) is 7.65. The van der Waals surface area contributed by atoms with E-state index in [1.807, 2.05) is 26.2 Å². The van der Waals surface area contributed by atoms with Gasteiger partial charge in [0.15, 0.2) is 0 Å². The quantitative estimate of drug-likeness (QED) is 0.788. The Balaban J connectivity index is 2.74. The highest BCUT2D eigenvalue weighted by atomic mass is 32.1. The molecule has 0 saturated carbocycles. The van der Waals surface area contributed by atoms with Gasteiger partial charge in [0.2, 0.25) is 5.95 Å². The predicted molar refractivity (Wildman–Crippen MR) is 70.6 cm³/mol. The molecule has 1 heterocycles. The maximum Gasteiger partial charge on any atom is 0.225 e. The molecule has 0 aliphatic rings. The summed E-state index contributed by atoms with van der Waals surface area (Å²) in [5.41, 5.74) is 6.66. The molecule has 88 valence electrons. The summed E-state index contributed by atoms with van der Waals surface area (Å²) in [7, 11) is 0. The van der Waals surface area contributed by atoms with Gasteiger partial charge < -0.3 is 10.6 Å². The van der Waals surface area contributed by atoms with Gasteiger partial charge in [-0.15, -0.1) is 0 Å². The summed E-state index contributed by atoms with van der Waals surface area (Å²) in [6.07, 6.45) is 3.63. The highest BCUT2D eigenvalue weighted by Crippen LogP contribution is 2.09. The zero-order valence-electron chi connectivity index (χ0n) is 9.97. The number of nitrogens with zero attached hydrogens (tertiary/aromatic N) is 3. The Morgan fingerprint density at radius 2 is 2.06 bits per heavy atom. The van der Waals surface area contributed by atoms with Crippen LogP contribution in [0.2, 0.25) is 0 Å². The van der Waals surface area contributed by atoms with Crippen LogP contribution in [0.15, 0.2) is 12.4 Å². The average Bonchev–Trinajstić information content (AvgIpc) is 2.26. The fourth-order valence-electron chi connectivity index (χ4n) is 1.32. The second-order valence-corrected chi connectivity index (χ2v) is 4.37. The molecule has 1 aromatic rings. The van der Waals surface area contributed by atoms with Crippen molar-refractivity contribution >= 4 is 23.2 Å². The number of hydrogen-bond acceptors (Lipinski definition) is 4. The summed E-state index contributed by atoms with van der Waals surface area (Å²) in [5, 5.41) is 0. The second kappa shape index (κ2) is 5.75. The van der Waals surface area contributed by atoms with E-state index in [1.165, 1.54) is 0 Å². The number of aryl methyl sites for hydroxylation is 1. The molecule has 4 nitrogen and oxygen atoms in total. The first kappa shape index (κ1) is 12.8. The third-order valence-electron chi connectivity index (χ3n) is 2.41. The van der Waals surface area contributed by atoms with Crippen molar-refractivity contribution in [3.8, 4) is 0 Å². The molecular formula is C11H18N4S. The van der Waals surface area contributed by atoms with E-state index < -0.39 is 0 Å². The van der Waals surface area contributed by atoms with Crippen molar-refractivity contribution in [1.82, 2.24) is 9.97 Å². The van der Waals surface area contributed by atoms with E-state index in [1.54, 1.807) is 0 Å². The van der Waals surface area contributed by atoms with E-state index in [4.69, 9.17) is 18.0 Å². The Bertz CT molecular complexity index is 350. The molecule has 0 aromatic carbocycles. The molecule has 5 heteroatoms. The summed E-state index contributed by atoms with van der Waals surface area (Å²) in [6, 6.07) is 0. The van der Waals surface area contributed by atoms with Gasteiger partial charge in [0.25, 0.3) is 0 Å². The summed E-state index contributed by atoms with van der Waals surface area (Å²) < 4.78 is 0. The van der Waals surface area contributed by atoms with Crippen molar-refractivity contribution in [2.24, 2.45) is 11.7 Å². The molecule has 16 heavy (non-hydrogen) atoms. The lowest BCUT2D eigenvalue weighted by Gasteiger charge is -2.23. The van der Waals surface area contributed by atoms with Gasteiger partial charge in [0, 0.05) is 31.4 Å². The number of hydrogen-bond donors (Lipinski definition) is 1. The predicted octanol–water partition coefficient (Wildman–Crippen LogP) is 1.53. The molecular weight excluding hydrogens is 220 g/mol. The first-order valence-electron chi connectivity index (χ1n) is 5.37. The maximum atomic E-state index is 5.61. The highest BCUT2D eigenvalue weighted by molar-refractivity contribution is 7.80. The van der Waals surface area contributed by atoms with Gasteiger partial charge >= 0.3 is 0 Å². The smallest absolute Gasteiger partial charge is 0.225 e. The first-order valence-corrected chi connectivity index (χ1v) is 5.78. The lowest BCUT2D eigenvalue weighted by molar-refractivity contribution is 0.690. The molecule has 0 amide bonds. The standard InChI is InChI=1S/C11H18N4S/c1-4-15(7-9(3)10(12)16)11-13-5-8(2)6-14-11/h5-6,9H,4,7H2,1-3H3,(H2,12,16). The SMILES string of the molecule is CCN(CC(C)C(N)=S)c1ncc(C)cn1. The van der Waals surface area contributed by atoms with Crippen molar-refractivity contribution in [3.63, 3.8) is 0 Å². The van der Waals surface area contributed by atoms with Crippen LogP contribution in [-0.4, -0.2) is 28.0 Å². The van der Waals surface area contributed by atoms with Gasteiger partial charge in [-0.3, -0.25) is 0 Å². The molecule has 0 spiro atoms. The first-order chi connectivity index (χ1) is 7.54. The monoisotopic (exact) mass is 238 g/mol. The van der Waals surface area contributed by atoms with Crippen molar-refractivity contribution in [2.75, 3.05) is 18.0 Å². The van der Waals surface area contributed by atoms with Crippen LogP contribution >= 0.6 is 12.2 Å². The number of anilines is 1. The van der Waals surface area contributed by atoms with Gasteiger partial charge in [-0.25, -0.2) is 9.97 Å². The van der Waals surface area contributed by atoms with Crippen molar-refractivity contribution < 1.29 is 0 Å². The van der Waals surface area contributed by atoms with Crippen LogP contribution in [0.5, 0.6) is 0 Å². The molecule has 1 atom stereocenters. The average molecular weight is 238 g/mol. The third kappa shape index (κ3) is 3.41. The maximum absolute atomic E-state index is 5.61. The topological polar surface area (TPSA) is 55.0 Å². The van der Waals surface area contributed by atoms with Crippen LogP contribution < -0.4 is 10.6 Å². The van der Waals surface area contributed by atoms with Gasteiger partial charge in [0.1, 0.15) is 0 Å². The van der Waals surface area contributed by atoms with Gasteiger partial charge in [-0.1, -0.05) is 19.1 Å². The normalized spacial score (nSPS) is 12.2. The lowest BCUT2D eigenvalue weighted by Crippen LogP contribution is -2.34. The number of nitrogens with two attached hydrogens (primary N) is 1. The molecule has 0 aliphatic carbocycles. The number of thiocarbonyl (C=S) groups is 1. The number of rotatable bonds is 5. The Kier molecular flexibility index (Phi) is 4.61. The Hall–Kier alpha value is -1.23. The van der Waals surface area contributed by atoms with E-state index in [2.05, 4.69) is 21.8 Å². The fraction of sp³-hybridized carbons (Fsp3) is 0.545. The van der Waals surface area contributed by atoms with Gasteiger partial charge in [-0.2, -0.15) is 0 Å². The second-order valence-electron chi connectivity index (χ2n) is 3.90. The summed E-state index contributed by atoms with van der Waals surface area (Å²) >= 11 is 4.97. The van der Waals surface area contributed by atoms with Crippen LogP contribution in [0, 0.1) is 12.8 Å². The van der Waals surface area contributed by atoms with Crippen molar-refractivity contribution in [1.29, 1.82) is 0 Å². The largest absolute Gasteiger partial charge is 0.393 e. The van der Waals surface area contributed by atoms with Crippen LogP contribution in [0.25, 0.3) is 0 Å². The number of aromatic nitrogens is 2.